The fourth-order valence-electron chi connectivity index (χ4n) is 5.61. The van der Waals surface area contributed by atoms with Crippen LogP contribution in [-0.4, -0.2) is 52.6 Å². The quantitative estimate of drug-likeness (QED) is 0.0556. The number of esters is 1. The molecule has 0 saturated carbocycles. The number of benzene rings is 2. The maximum absolute atomic E-state index is 13.6. The van der Waals surface area contributed by atoms with Crippen molar-refractivity contribution < 1.29 is 38.9 Å². The van der Waals surface area contributed by atoms with E-state index in [9.17, 15) is 29.4 Å². The van der Waals surface area contributed by atoms with Gasteiger partial charge in [0.05, 0.1) is 13.0 Å². The maximum atomic E-state index is 13.6. The van der Waals surface area contributed by atoms with Crippen molar-refractivity contribution in [1.29, 1.82) is 0 Å². The van der Waals surface area contributed by atoms with Crippen LogP contribution in [0.3, 0.4) is 0 Å². The van der Waals surface area contributed by atoms with Crippen molar-refractivity contribution >= 4 is 23.6 Å². The van der Waals surface area contributed by atoms with E-state index in [1.807, 2.05) is 30.3 Å². The minimum Gasteiger partial charge on any atom is -0.479 e. The number of carboxylic acids is 1. The number of carboxylic acid groups (broad SMARTS) is 1. The fourth-order valence-corrected chi connectivity index (χ4v) is 5.61. The molecule has 0 aliphatic rings. The van der Waals surface area contributed by atoms with Crippen molar-refractivity contribution in [3.05, 3.63) is 72.3 Å². The number of hydrogen-bond donors (Lipinski definition) is 3. The lowest BCUT2D eigenvalue weighted by Gasteiger charge is -2.30. The van der Waals surface area contributed by atoms with Gasteiger partial charge in [-0.2, -0.15) is 0 Å². The van der Waals surface area contributed by atoms with E-state index in [1.165, 1.54) is 32.4 Å². The molecule has 48 heavy (non-hydrogen) atoms. The number of amides is 1. The average molecular weight is 666 g/mol. The van der Waals surface area contributed by atoms with Gasteiger partial charge in [0.2, 0.25) is 5.91 Å². The van der Waals surface area contributed by atoms with Crippen molar-refractivity contribution in [1.82, 2.24) is 5.32 Å². The summed E-state index contributed by atoms with van der Waals surface area (Å²) in [5, 5.41) is 23.8. The second-order valence-corrected chi connectivity index (χ2v) is 12.4. The standard InChI is InChI=1S/C39H55NO8/c1-4-6-7-10-14-19-31(41)20-15-11-8-9-12-18-23-34(39(46,28-5-2)38(44)45)36(42)40-35(37(43)47-3)29-30-24-26-33(27-25-30)48-32-21-16-13-17-22-32/h13,16-18,21-27,34-35,46H,4-12,14-15,19-20,28-29H2,1-3H3,(H,40,42)(H,44,45)/t34-,35+,39+/m1/s1. The number of unbranched alkanes of at least 4 members (excludes halogenated alkanes) is 8. The Kier molecular flexibility index (Phi) is 18.9. The van der Waals surface area contributed by atoms with Gasteiger partial charge in [-0.1, -0.05) is 101 Å². The van der Waals surface area contributed by atoms with Crippen LogP contribution in [0.5, 0.6) is 11.5 Å². The Morgan fingerprint density at radius 1 is 0.812 bits per heavy atom. The number of para-hydroxylation sites is 1. The predicted molar refractivity (Wildman–Crippen MR) is 187 cm³/mol. The Bertz CT molecular complexity index is 1280. The van der Waals surface area contributed by atoms with Gasteiger partial charge in [0.15, 0.2) is 5.60 Å². The molecule has 2 aromatic carbocycles. The molecule has 0 bridgehead atoms. The molecule has 9 nitrogen and oxygen atoms in total. The van der Waals surface area contributed by atoms with Gasteiger partial charge in [-0.05, 0) is 61.9 Å². The van der Waals surface area contributed by atoms with E-state index in [2.05, 4.69) is 12.2 Å². The van der Waals surface area contributed by atoms with Gasteiger partial charge in [0, 0.05) is 19.3 Å². The number of hydrogen-bond acceptors (Lipinski definition) is 7. The molecule has 264 valence electrons. The van der Waals surface area contributed by atoms with Crippen LogP contribution >= 0.6 is 0 Å². The molecule has 1 amide bonds. The molecule has 2 aromatic rings. The molecule has 0 aliphatic carbocycles. The first kappa shape index (κ1) is 40.2. The van der Waals surface area contributed by atoms with Crippen molar-refractivity contribution in [2.75, 3.05) is 7.11 Å². The lowest BCUT2D eigenvalue weighted by Crippen LogP contribution is -2.54. The molecule has 0 heterocycles. The van der Waals surface area contributed by atoms with Crippen molar-refractivity contribution in [2.45, 2.75) is 122 Å². The van der Waals surface area contributed by atoms with E-state index < -0.39 is 35.4 Å². The van der Waals surface area contributed by atoms with Gasteiger partial charge >= 0.3 is 11.9 Å². The third kappa shape index (κ3) is 14.4. The van der Waals surface area contributed by atoms with Crippen LogP contribution in [0.1, 0.15) is 109 Å². The first-order chi connectivity index (χ1) is 23.1. The number of allylic oxidation sites excluding steroid dienone is 1. The second-order valence-electron chi connectivity index (χ2n) is 12.4. The third-order valence-electron chi connectivity index (χ3n) is 8.41. The summed E-state index contributed by atoms with van der Waals surface area (Å²) < 4.78 is 10.8. The highest BCUT2D eigenvalue weighted by Crippen LogP contribution is 2.27. The molecule has 0 spiro atoms. The zero-order valence-corrected chi connectivity index (χ0v) is 29.0. The molecule has 0 saturated heterocycles. The number of aliphatic carboxylic acids is 1. The zero-order chi connectivity index (χ0) is 35.2. The number of nitrogens with one attached hydrogen (secondary N) is 1. The lowest BCUT2D eigenvalue weighted by atomic mass is 9.82. The van der Waals surface area contributed by atoms with Crippen molar-refractivity contribution in [2.24, 2.45) is 5.92 Å². The summed E-state index contributed by atoms with van der Waals surface area (Å²) in [6, 6.07) is 15.2. The summed E-state index contributed by atoms with van der Waals surface area (Å²) in [6.07, 6.45) is 14.4. The molecule has 3 atom stereocenters. The van der Waals surface area contributed by atoms with Crippen LogP contribution in [-0.2, 0) is 30.3 Å². The maximum Gasteiger partial charge on any atom is 0.336 e. The smallest absolute Gasteiger partial charge is 0.336 e. The molecular weight excluding hydrogens is 610 g/mol. The number of Topliss-reactive ketones (excluding diaryl/α,β-unsaturated/α-hetero) is 1. The number of ether oxygens (including phenoxy) is 2. The molecule has 9 heteroatoms. The van der Waals surface area contributed by atoms with Gasteiger partial charge in [0.25, 0.3) is 0 Å². The highest BCUT2D eigenvalue weighted by atomic mass is 16.5. The lowest BCUT2D eigenvalue weighted by molar-refractivity contribution is -0.167. The summed E-state index contributed by atoms with van der Waals surface area (Å²) in [6.45, 7) is 3.90. The molecule has 0 radical (unpaired) electrons. The molecule has 3 N–H and O–H groups in total. The van der Waals surface area contributed by atoms with Gasteiger partial charge in [-0.25, -0.2) is 9.59 Å². The molecule has 0 fully saturated rings. The molecule has 0 aliphatic heterocycles. The van der Waals surface area contributed by atoms with Crippen LogP contribution in [0, 0.1) is 5.92 Å². The summed E-state index contributed by atoms with van der Waals surface area (Å²) in [5.74, 6) is -2.81. The van der Waals surface area contributed by atoms with E-state index in [-0.39, 0.29) is 12.8 Å². The average Bonchev–Trinajstić information content (AvgIpc) is 3.08. The van der Waals surface area contributed by atoms with E-state index in [4.69, 9.17) is 9.47 Å². The predicted octanol–water partition coefficient (Wildman–Crippen LogP) is 7.74. The van der Waals surface area contributed by atoms with Crippen LogP contribution in [0.25, 0.3) is 0 Å². The van der Waals surface area contributed by atoms with Crippen LogP contribution in [0.4, 0.5) is 0 Å². The van der Waals surface area contributed by atoms with Crippen LogP contribution < -0.4 is 10.1 Å². The Morgan fingerprint density at radius 3 is 2.00 bits per heavy atom. The van der Waals surface area contributed by atoms with Crippen LogP contribution in [0.15, 0.2) is 66.7 Å². The fraction of sp³-hybridized carbons (Fsp3) is 0.538. The van der Waals surface area contributed by atoms with Crippen molar-refractivity contribution in [3.8, 4) is 11.5 Å². The molecule has 0 aromatic heterocycles. The first-order valence-electron chi connectivity index (χ1n) is 17.5. The number of rotatable bonds is 25. The monoisotopic (exact) mass is 665 g/mol. The number of methoxy groups -OCH3 is 1. The number of ketones is 1. The summed E-state index contributed by atoms with van der Waals surface area (Å²) in [7, 11) is 1.21. The van der Waals surface area contributed by atoms with Gasteiger partial charge in [0.1, 0.15) is 23.3 Å². The zero-order valence-electron chi connectivity index (χ0n) is 29.0. The highest BCUT2D eigenvalue weighted by Gasteiger charge is 2.46. The second kappa shape index (κ2) is 22.6. The minimum atomic E-state index is -2.36. The minimum absolute atomic E-state index is 0.0844. The number of carbonyl (C=O) groups is 4. The highest BCUT2D eigenvalue weighted by molar-refractivity contribution is 5.92. The Hall–Kier alpha value is -3.98. The van der Waals surface area contributed by atoms with Gasteiger partial charge < -0.3 is 25.0 Å². The van der Waals surface area contributed by atoms with Gasteiger partial charge in [-0.15, -0.1) is 0 Å². The van der Waals surface area contributed by atoms with E-state index >= 15 is 0 Å². The SMILES string of the molecule is CCCCCCCC(=O)CCCCCCC=C[C@H](C(=O)N[C@@H](Cc1ccc(Oc2ccccc2)cc1)C(=O)OC)[C@@](O)(CCC)C(=O)O. The third-order valence-corrected chi connectivity index (χ3v) is 8.41. The summed E-state index contributed by atoms with van der Waals surface area (Å²) >= 11 is 0. The van der Waals surface area contributed by atoms with Crippen molar-refractivity contribution in [3.63, 3.8) is 0 Å². The Morgan fingerprint density at radius 2 is 1.42 bits per heavy atom. The van der Waals surface area contributed by atoms with Gasteiger partial charge in [-0.3, -0.25) is 9.59 Å². The number of carbonyl (C=O) groups excluding carboxylic acids is 3. The molecular formula is C39H55NO8. The van der Waals surface area contributed by atoms with E-state index in [1.54, 1.807) is 37.3 Å². The first-order valence-corrected chi connectivity index (χ1v) is 17.5. The molecule has 2 rings (SSSR count). The van der Waals surface area contributed by atoms with E-state index in [0.29, 0.717) is 48.5 Å². The Labute approximate surface area is 286 Å². The summed E-state index contributed by atoms with van der Waals surface area (Å²) in [5.41, 5.74) is -1.64. The topological polar surface area (TPSA) is 139 Å². The largest absolute Gasteiger partial charge is 0.479 e. The molecule has 0 unspecified atom stereocenters. The van der Waals surface area contributed by atoms with E-state index in [0.717, 1.165) is 38.5 Å². The normalized spacial score (nSPS) is 13.8. The summed E-state index contributed by atoms with van der Waals surface area (Å²) in [4.78, 5) is 50.7. The Balaban J connectivity index is 1.99. The van der Waals surface area contributed by atoms with Crippen LogP contribution in [0.2, 0.25) is 0 Å². The number of aliphatic hydroxyl groups is 1.